The van der Waals surface area contributed by atoms with Crippen molar-refractivity contribution in [3.05, 3.63) is 83.7 Å². The monoisotopic (exact) mass is 523 g/mol. The lowest BCUT2D eigenvalue weighted by Crippen LogP contribution is -2.40. The van der Waals surface area contributed by atoms with Crippen molar-refractivity contribution in [1.29, 1.82) is 5.26 Å². The highest BCUT2D eigenvalue weighted by Crippen LogP contribution is 2.40. The second-order valence-corrected chi connectivity index (χ2v) is 10.1. The van der Waals surface area contributed by atoms with Crippen LogP contribution < -0.4 is 10.6 Å². The van der Waals surface area contributed by atoms with Crippen LogP contribution in [0.4, 0.5) is 10.6 Å². The first-order chi connectivity index (χ1) is 19.0. The fourth-order valence-electron chi connectivity index (χ4n) is 5.52. The Bertz CT molecular complexity index is 1470. The Morgan fingerprint density at radius 2 is 1.92 bits per heavy atom. The van der Waals surface area contributed by atoms with Crippen molar-refractivity contribution in [3.8, 4) is 23.0 Å². The Morgan fingerprint density at radius 1 is 1.15 bits per heavy atom. The molecule has 1 fully saturated rings. The molecule has 39 heavy (non-hydrogen) atoms. The van der Waals surface area contributed by atoms with Gasteiger partial charge in [-0.05, 0) is 61.9 Å². The molecule has 5 rings (SSSR count). The van der Waals surface area contributed by atoms with Gasteiger partial charge in [-0.15, -0.1) is 0 Å². The molecule has 1 aliphatic rings. The van der Waals surface area contributed by atoms with Crippen LogP contribution in [0.15, 0.2) is 67.0 Å². The van der Waals surface area contributed by atoms with Gasteiger partial charge in [-0.1, -0.05) is 30.3 Å². The topological polar surface area (TPSA) is 110 Å². The SMILES string of the molecule is COCC[C@@H]1C[C@@H](NC(=O)Nc2c(C)c(-c3cnn(C)c3)nn2-c2ccccc2)[C@H](c2ccc(C#N)cc2)C1. The van der Waals surface area contributed by atoms with Crippen LogP contribution in [-0.4, -0.2) is 45.4 Å². The summed E-state index contributed by atoms with van der Waals surface area (Å²) in [6.07, 6.45) is 6.44. The number of ether oxygens (including phenoxy) is 1. The molecular formula is C30H33N7O2. The average molecular weight is 524 g/mol. The van der Waals surface area contributed by atoms with Crippen LogP contribution in [0.3, 0.4) is 0 Å². The summed E-state index contributed by atoms with van der Waals surface area (Å²) in [4.78, 5) is 13.5. The van der Waals surface area contributed by atoms with E-state index in [4.69, 9.17) is 9.84 Å². The number of nitrogens with one attached hydrogen (secondary N) is 2. The number of amides is 2. The van der Waals surface area contributed by atoms with E-state index in [1.807, 2.05) is 74.8 Å². The number of methoxy groups -OCH3 is 1. The van der Waals surface area contributed by atoms with Gasteiger partial charge in [0.2, 0.25) is 0 Å². The zero-order chi connectivity index (χ0) is 27.4. The predicted octanol–water partition coefficient (Wildman–Crippen LogP) is 5.17. The molecule has 0 radical (unpaired) electrons. The number of urea groups is 1. The zero-order valence-electron chi connectivity index (χ0n) is 22.5. The van der Waals surface area contributed by atoms with Gasteiger partial charge in [0.15, 0.2) is 0 Å². The third-order valence-corrected chi connectivity index (χ3v) is 7.51. The van der Waals surface area contributed by atoms with Gasteiger partial charge in [-0.25, -0.2) is 9.48 Å². The summed E-state index contributed by atoms with van der Waals surface area (Å²) >= 11 is 0. The fourth-order valence-corrected chi connectivity index (χ4v) is 5.52. The highest BCUT2D eigenvalue weighted by molar-refractivity contribution is 5.91. The van der Waals surface area contributed by atoms with Gasteiger partial charge < -0.3 is 10.1 Å². The first kappa shape index (κ1) is 26.2. The normalized spacial score (nSPS) is 18.6. The molecule has 1 saturated carbocycles. The predicted molar refractivity (Wildman–Crippen MR) is 150 cm³/mol. The number of rotatable bonds is 8. The smallest absolute Gasteiger partial charge is 0.320 e. The highest BCUT2D eigenvalue weighted by Gasteiger charge is 2.36. The number of hydrogen-bond acceptors (Lipinski definition) is 5. The molecular weight excluding hydrogens is 490 g/mol. The molecule has 0 bridgehead atoms. The van der Waals surface area contributed by atoms with Crippen LogP contribution in [0.2, 0.25) is 0 Å². The van der Waals surface area contributed by atoms with E-state index in [2.05, 4.69) is 21.8 Å². The second kappa shape index (κ2) is 11.5. The van der Waals surface area contributed by atoms with Gasteiger partial charge in [-0.3, -0.25) is 10.00 Å². The number of carbonyl (C=O) groups is 1. The molecule has 2 aromatic carbocycles. The maximum Gasteiger partial charge on any atom is 0.320 e. The van der Waals surface area contributed by atoms with E-state index in [9.17, 15) is 10.1 Å². The molecule has 0 saturated heterocycles. The third-order valence-electron chi connectivity index (χ3n) is 7.51. The quantitative estimate of drug-likeness (QED) is 0.331. The number of aryl methyl sites for hydroxylation is 1. The summed E-state index contributed by atoms with van der Waals surface area (Å²) in [7, 11) is 3.58. The summed E-state index contributed by atoms with van der Waals surface area (Å²) in [5.41, 5.74) is 5.11. The first-order valence-electron chi connectivity index (χ1n) is 13.2. The van der Waals surface area contributed by atoms with E-state index in [-0.39, 0.29) is 18.0 Å². The summed E-state index contributed by atoms with van der Waals surface area (Å²) in [5.74, 6) is 1.20. The van der Waals surface area contributed by atoms with E-state index in [1.165, 1.54) is 0 Å². The van der Waals surface area contributed by atoms with Crippen LogP contribution in [0, 0.1) is 24.2 Å². The maximum absolute atomic E-state index is 13.5. The van der Waals surface area contributed by atoms with Gasteiger partial charge in [-0.2, -0.15) is 15.5 Å². The first-order valence-corrected chi connectivity index (χ1v) is 13.2. The van der Waals surface area contributed by atoms with E-state index in [0.717, 1.165) is 47.3 Å². The van der Waals surface area contributed by atoms with E-state index in [1.54, 1.807) is 22.7 Å². The highest BCUT2D eigenvalue weighted by atomic mass is 16.5. The van der Waals surface area contributed by atoms with Crippen LogP contribution in [-0.2, 0) is 11.8 Å². The van der Waals surface area contributed by atoms with Crippen molar-refractivity contribution in [2.24, 2.45) is 13.0 Å². The number of para-hydroxylation sites is 1. The molecule has 3 atom stereocenters. The number of nitriles is 1. The van der Waals surface area contributed by atoms with Crippen molar-refractivity contribution < 1.29 is 9.53 Å². The molecule has 200 valence electrons. The third kappa shape index (κ3) is 5.71. The molecule has 2 aromatic heterocycles. The minimum atomic E-state index is -0.274. The molecule has 0 spiro atoms. The lowest BCUT2D eigenvalue weighted by molar-refractivity contribution is 0.177. The van der Waals surface area contributed by atoms with Crippen LogP contribution in [0.1, 0.15) is 41.9 Å². The molecule has 2 heterocycles. The molecule has 0 aliphatic heterocycles. The Morgan fingerprint density at radius 3 is 2.59 bits per heavy atom. The number of aromatic nitrogens is 4. The summed E-state index contributed by atoms with van der Waals surface area (Å²) in [6.45, 7) is 2.65. The van der Waals surface area contributed by atoms with Gasteiger partial charge in [0.05, 0.1) is 23.5 Å². The van der Waals surface area contributed by atoms with Gasteiger partial charge >= 0.3 is 6.03 Å². The Labute approximate surface area is 228 Å². The minimum Gasteiger partial charge on any atom is -0.385 e. The lowest BCUT2D eigenvalue weighted by atomic mass is 9.92. The molecule has 9 nitrogen and oxygen atoms in total. The van der Waals surface area contributed by atoms with Crippen molar-refractivity contribution in [2.75, 3.05) is 19.0 Å². The molecule has 9 heteroatoms. The minimum absolute atomic E-state index is 0.0500. The maximum atomic E-state index is 13.5. The van der Waals surface area contributed by atoms with Crippen molar-refractivity contribution in [1.82, 2.24) is 24.9 Å². The second-order valence-electron chi connectivity index (χ2n) is 10.1. The molecule has 1 aliphatic carbocycles. The lowest BCUT2D eigenvalue weighted by Gasteiger charge is -2.22. The number of carbonyl (C=O) groups excluding carboxylic acids is 1. The molecule has 2 N–H and O–H groups in total. The average Bonchev–Trinajstić information content (AvgIpc) is 3.65. The molecule has 2 amide bonds. The van der Waals surface area contributed by atoms with E-state index >= 15 is 0 Å². The van der Waals surface area contributed by atoms with Crippen molar-refractivity contribution in [2.45, 2.75) is 38.1 Å². The van der Waals surface area contributed by atoms with E-state index in [0.29, 0.717) is 23.9 Å². The number of benzene rings is 2. The largest absolute Gasteiger partial charge is 0.385 e. The van der Waals surface area contributed by atoms with Gasteiger partial charge in [0, 0.05) is 50.0 Å². The van der Waals surface area contributed by atoms with Crippen LogP contribution in [0.25, 0.3) is 16.9 Å². The van der Waals surface area contributed by atoms with Crippen LogP contribution >= 0.6 is 0 Å². The summed E-state index contributed by atoms with van der Waals surface area (Å²) in [5, 5.41) is 24.7. The van der Waals surface area contributed by atoms with E-state index < -0.39 is 0 Å². The molecule has 4 aromatic rings. The van der Waals surface area contributed by atoms with Gasteiger partial charge in [0.25, 0.3) is 0 Å². The number of hydrogen-bond donors (Lipinski definition) is 2. The standard InChI is InChI=1S/C30H33N7O2/c1-20-28(24-18-32-36(2)19-24)35-37(25-7-5-4-6-8-25)29(20)34-30(38)33-27-16-22(13-14-39-3)15-26(27)23-11-9-21(17-31)10-12-23/h4-12,18-19,22,26-27H,13-16H2,1-3H3,(H2,33,34,38)/t22-,26-,27+/m0/s1. The Balaban J connectivity index is 1.41. The molecule has 0 unspecified atom stereocenters. The van der Waals surface area contributed by atoms with Crippen molar-refractivity contribution in [3.63, 3.8) is 0 Å². The Hall–Kier alpha value is -4.42. The van der Waals surface area contributed by atoms with Crippen LogP contribution in [0.5, 0.6) is 0 Å². The summed E-state index contributed by atoms with van der Waals surface area (Å²) in [6, 6.07) is 19.3. The number of nitrogens with zero attached hydrogens (tertiary/aromatic N) is 5. The zero-order valence-corrected chi connectivity index (χ0v) is 22.5. The fraction of sp³-hybridized carbons (Fsp3) is 0.333. The Kier molecular flexibility index (Phi) is 7.75. The van der Waals surface area contributed by atoms with Crippen molar-refractivity contribution >= 4 is 11.8 Å². The summed E-state index contributed by atoms with van der Waals surface area (Å²) < 4.78 is 8.83. The van der Waals surface area contributed by atoms with Gasteiger partial charge in [0.1, 0.15) is 11.5 Å². The number of anilines is 1.